The lowest BCUT2D eigenvalue weighted by molar-refractivity contribution is -0.123. The SMILES string of the molecule is C=CCSc1nc2c(c(=O)[nH]1)[C@@H](C(=O)Nc1ccc(Br)cc1C)CC(=O)N2. The third-order valence-corrected chi connectivity index (χ3v) is 5.39. The van der Waals surface area contributed by atoms with E-state index in [2.05, 4.69) is 43.1 Å². The Morgan fingerprint density at radius 1 is 1.48 bits per heavy atom. The number of rotatable bonds is 5. The molecule has 0 radical (unpaired) electrons. The number of benzene rings is 1. The monoisotopic (exact) mass is 448 g/mol. The number of halogens is 1. The van der Waals surface area contributed by atoms with Crippen LogP contribution in [0.5, 0.6) is 0 Å². The summed E-state index contributed by atoms with van der Waals surface area (Å²) in [5, 5.41) is 5.76. The largest absolute Gasteiger partial charge is 0.325 e. The first-order chi connectivity index (χ1) is 12.9. The Morgan fingerprint density at radius 3 is 2.96 bits per heavy atom. The summed E-state index contributed by atoms with van der Waals surface area (Å²) < 4.78 is 0.894. The lowest BCUT2D eigenvalue weighted by Gasteiger charge is -2.23. The summed E-state index contributed by atoms with van der Waals surface area (Å²) in [6.45, 7) is 5.48. The summed E-state index contributed by atoms with van der Waals surface area (Å²) in [6, 6.07) is 5.44. The highest BCUT2D eigenvalue weighted by atomic mass is 79.9. The van der Waals surface area contributed by atoms with Gasteiger partial charge in [-0.25, -0.2) is 4.98 Å². The van der Waals surface area contributed by atoms with Crippen molar-refractivity contribution in [1.82, 2.24) is 9.97 Å². The van der Waals surface area contributed by atoms with E-state index in [1.54, 1.807) is 12.1 Å². The first kappa shape index (κ1) is 19.4. The maximum absolute atomic E-state index is 12.8. The average molecular weight is 449 g/mol. The first-order valence-corrected chi connectivity index (χ1v) is 9.91. The lowest BCUT2D eigenvalue weighted by atomic mass is 9.92. The number of amides is 2. The number of nitrogens with one attached hydrogen (secondary N) is 3. The fourth-order valence-corrected chi connectivity index (χ4v) is 3.84. The number of aromatic nitrogens is 2. The van der Waals surface area contributed by atoms with Crippen LogP contribution in [0.15, 0.2) is 45.3 Å². The molecule has 2 heterocycles. The van der Waals surface area contributed by atoms with Crippen LogP contribution < -0.4 is 16.2 Å². The second kappa shape index (κ2) is 8.10. The number of aromatic amines is 1. The van der Waals surface area contributed by atoms with Gasteiger partial charge in [0, 0.05) is 22.3 Å². The van der Waals surface area contributed by atoms with Crippen LogP contribution >= 0.6 is 27.7 Å². The van der Waals surface area contributed by atoms with E-state index in [4.69, 9.17) is 0 Å². The molecule has 0 fully saturated rings. The van der Waals surface area contributed by atoms with Crippen molar-refractivity contribution in [3.05, 3.63) is 56.8 Å². The number of fused-ring (bicyclic) bond motifs is 1. The van der Waals surface area contributed by atoms with Crippen molar-refractivity contribution in [2.24, 2.45) is 0 Å². The molecule has 1 atom stereocenters. The van der Waals surface area contributed by atoms with Crippen LogP contribution in [0.4, 0.5) is 11.5 Å². The van der Waals surface area contributed by atoms with Crippen LogP contribution in [-0.4, -0.2) is 27.5 Å². The van der Waals surface area contributed by atoms with Gasteiger partial charge in [0.05, 0.1) is 11.5 Å². The van der Waals surface area contributed by atoms with E-state index in [1.807, 2.05) is 19.1 Å². The van der Waals surface area contributed by atoms with Crippen LogP contribution in [0, 0.1) is 6.92 Å². The van der Waals surface area contributed by atoms with Gasteiger partial charge in [0.25, 0.3) is 5.56 Å². The predicted octanol–water partition coefficient (Wildman–Crippen LogP) is 3.18. The average Bonchev–Trinajstić information content (AvgIpc) is 2.61. The van der Waals surface area contributed by atoms with E-state index in [0.29, 0.717) is 16.6 Å². The number of nitrogens with zero attached hydrogens (tertiary/aromatic N) is 1. The molecule has 1 aromatic heterocycles. The Kier molecular flexibility index (Phi) is 5.81. The number of H-pyrrole nitrogens is 1. The standard InChI is InChI=1S/C18H17BrN4O3S/c1-3-6-27-18-22-15-14(17(26)23-18)11(8-13(24)21-15)16(25)20-12-5-4-10(19)7-9(12)2/h3-5,7,11H,1,6,8H2,2H3,(H,20,25)(H2,21,22,23,24,26)/t11-/m0/s1. The number of carbonyl (C=O) groups is 2. The molecule has 3 rings (SSSR count). The van der Waals surface area contributed by atoms with Crippen LogP contribution in [0.1, 0.15) is 23.5 Å². The second-order valence-electron chi connectivity index (χ2n) is 5.99. The number of hydrogen-bond acceptors (Lipinski definition) is 5. The molecule has 2 amide bonds. The molecule has 0 aliphatic carbocycles. The molecule has 1 aliphatic rings. The molecule has 0 spiro atoms. The fourth-order valence-electron chi connectivity index (χ4n) is 2.77. The first-order valence-electron chi connectivity index (χ1n) is 8.14. The maximum Gasteiger partial charge on any atom is 0.257 e. The molecular formula is C18H17BrN4O3S. The third-order valence-electron chi connectivity index (χ3n) is 4.03. The van der Waals surface area contributed by atoms with Gasteiger partial charge in [-0.05, 0) is 30.7 Å². The van der Waals surface area contributed by atoms with Crippen LogP contribution in [0.2, 0.25) is 0 Å². The van der Waals surface area contributed by atoms with Gasteiger partial charge in [0.15, 0.2) is 5.16 Å². The van der Waals surface area contributed by atoms with E-state index in [9.17, 15) is 14.4 Å². The minimum absolute atomic E-state index is 0.113. The molecule has 3 N–H and O–H groups in total. The van der Waals surface area contributed by atoms with Crippen molar-refractivity contribution in [1.29, 1.82) is 0 Å². The van der Waals surface area contributed by atoms with Crippen molar-refractivity contribution < 1.29 is 9.59 Å². The Hall–Kier alpha value is -2.39. The van der Waals surface area contributed by atoms with Crippen molar-refractivity contribution >= 4 is 51.0 Å². The van der Waals surface area contributed by atoms with E-state index < -0.39 is 17.4 Å². The number of aryl methyl sites for hydroxylation is 1. The van der Waals surface area contributed by atoms with Gasteiger partial charge in [0.2, 0.25) is 11.8 Å². The normalized spacial score (nSPS) is 15.6. The van der Waals surface area contributed by atoms with Crippen molar-refractivity contribution in [3.8, 4) is 0 Å². The quantitative estimate of drug-likeness (QED) is 0.370. The van der Waals surface area contributed by atoms with E-state index in [-0.39, 0.29) is 23.7 Å². The summed E-state index contributed by atoms with van der Waals surface area (Å²) in [7, 11) is 0. The predicted molar refractivity (Wildman–Crippen MR) is 109 cm³/mol. The summed E-state index contributed by atoms with van der Waals surface area (Å²) in [6.07, 6.45) is 1.57. The van der Waals surface area contributed by atoms with E-state index in [0.717, 1.165) is 10.0 Å². The molecule has 2 aromatic rings. The number of carbonyl (C=O) groups excluding carboxylic acids is 2. The van der Waals surface area contributed by atoms with Crippen LogP contribution in [0.3, 0.4) is 0 Å². The number of anilines is 2. The van der Waals surface area contributed by atoms with Crippen molar-refractivity contribution in [2.45, 2.75) is 24.4 Å². The van der Waals surface area contributed by atoms with Crippen LogP contribution in [-0.2, 0) is 9.59 Å². The fraction of sp³-hybridized carbons (Fsp3) is 0.222. The summed E-state index contributed by atoms with van der Waals surface area (Å²) in [5.74, 6) is -0.994. The smallest absolute Gasteiger partial charge is 0.257 e. The van der Waals surface area contributed by atoms with Gasteiger partial charge in [-0.3, -0.25) is 14.4 Å². The topological polar surface area (TPSA) is 104 Å². The number of hydrogen-bond donors (Lipinski definition) is 3. The van der Waals surface area contributed by atoms with Gasteiger partial charge >= 0.3 is 0 Å². The summed E-state index contributed by atoms with van der Waals surface area (Å²) in [4.78, 5) is 44.4. The number of thioether (sulfide) groups is 1. The molecule has 9 heteroatoms. The minimum atomic E-state index is -0.911. The molecule has 0 saturated carbocycles. The molecule has 0 saturated heterocycles. The van der Waals surface area contributed by atoms with Crippen LogP contribution in [0.25, 0.3) is 0 Å². The van der Waals surface area contributed by atoms with E-state index >= 15 is 0 Å². The maximum atomic E-state index is 12.8. The molecule has 140 valence electrons. The second-order valence-corrected chi connectivity index (χ2v) is 7.91. The van der Waals surface area contributed by atoms with E-state index in [1.165, 1.54) is 11.8 Å². The van der Waals surface area contributed by atoms with Gasteiger partial charge in [0.1, 0.15) is 5.82 Å². The van der Waals surface area contributed by atoms with Gasteiger partial charge in [-0.15, -0.1) is 6.58 Å². The van der Waals surface area contributed by atoms with Gasteiger partial charge < -0.3 is 15.6 Å². The Bertz CT molecular complexity index is 989. The minimum Gasteiger partial charge on any atom is -0.325 e. The highest BCUT2D eigenvalue weighted by Crippen LogP contribution is 2.31. The Labute approximate surface area is 168 Å². The zero-order valence-corrected chi connectivity index (χ0v) is 16.9. The van der Waals surface area contributed by atoms with Crippen molar-refractivity contribution in [2.75, 3.05) is 16.4 Å². The molecular weight excluding hydrogens is 432 g/mol. The zero-order chi connectivity index (χ0) is 19.6. The molecule has 7 nitrogen and oxygen atoms in total. The Morgan fingerprint density at radius 2 is 2.26 bits per heavy atom. The zero-order valence-electron chi connectivity index (χ0n) is 14.5. The van der Waals surface area contributed by atoms with Crippen molar-refractivity contribution in [3.63, 3.8) is 0 Å². The highest BCUT2D eigenvalue weighted by molar-refractivity contribution is 9.10. The third kappa shape index (κ3) is 4.30. The molecule has 1 aromatic carbocycles. The summed E-state index contributed by atoms with van der Waals surface area (Å²) >= 11 is 4.66. The lowest BCUT2D eigenvalue weighted by Crippen LogP contribution is -2.36. The van der Waals surface area contributed by atoms with Gasteiger partial charge in [-0.2, -0.15) is 0 Å². The van der Waals surface area contributed by atoms with Gasteiger partial charge in [-0.1, -0.05) is 33.8 Å². The highest BCUT2D eigenvalue weighted by Gasteiger charge is 2.34. The molecule has 0 unspecified atom stereocenters. The molecule has 1 aliphatic heterocycles. The molecule has 27 heavy (non-hydrogen) atoms. The summed E-state index contributed by atoms with van der Waals surface area (Å²) in [5.41, 5.74) is 1.23. The molecule has 0 bridgehead atoms. The Balaban J connectivity index is 1.93.